The second-order valence-electron chi connectivity index (χ2n) is 3.76. The standard InChI is InChI=1S/C12H17NO2/c1-14-11-7-10-4-6-15-12(10)8-9(11)3-2-5-13/h7-8H,2-6,13H2,1H3. The highest BCUT2D eigenvalue weighted by Crippen LogP contribution is 2.33. The van der Waals surface area contributed by atoms with Gasteiger partial charge in [-0.25, -0.2) is 0 Å². The van der Waals surface area contributed by atoms with Crippen molar-refractivity contribution >= 4 is 0 Å². The Morgan fingerprint density at radius 2 is 2.33 bits per heavy atom. The molecule has 1 heterocycles. The molecular formula is C12H17NO2. The fourth-order valence-corrected chi connectivity index (χ4v) is 1.92. The Kier molecular flexibility index (Phi) is 3.11. The van der Waals surface area contributed by atoms with Crippen LogP contribution in [0.5, 0.6) is 11.5 Å². The molecule has 15 heavy (non-hydrogen) atoms. The number of hydrogen-bond acceptors (Lipinski definition) is 3. The third-order valence-corrected chi connectivity index (χ3v) is 2.74. The summed E-state index contributed by atoms with van der Waals surface area (Å²) in [6, 6.07) is 4.19. The third kappa shape index (κ3) is 2.07. The van der Waals surface area contributed by atoms with Gasteiger partial charge in [-0.15, -0.1) is 0 Å². The van der Waals surface area contributed by atoms with Crippen molar-refractivity contribution < 1.29 is 9.47 Å². The third-order valence-electron chi connectivity index (χ3n) is 2.74. The maximum atomic E-state index is 5.53. The predicted octanol–water partition coefficient (Wildman–Crippen LogP) is 1.52. The summed E-state index contributed by atoms with van der Waals surface area (Å²) in [7, 11) is 1.71. The molecule has 1 aromatic rings. The zero-order chi connectivity index (χ0) is 10.7. The Hall–Kier alpha value is -1.22. The number of fused-ring (bicyclic) bond motifs is 1. The second kappa shape index (κ2) is 4.53. The van der Waals surface area contributed by atoms with Gasteiger partial charge in [0.2, 0.25) is 0 Å². The van der Waals surface area contributed by atoms with E-state index in [-0.39, 0.29) is 0 Å². The van der Waals surface area contributed by atoms with Crippen LogP contribution in [0.3, 0.4) is 0 Å². The van der Waals surface area contributed by atoms with Crippen molar-refractivity contribution in [2.75, 3.05) is 20.3 Å². The van der Waals surface area contributed by atoms with Gasteiger partial charge in [0.1, 0.15) is 11.5 Å². The van der Waals surface area contributed by atoms with Gasteiger partial charge in [0.05, 0.1) is 13.7 Å². The molecule has 0 fully saturated rings. The molecule has 1 aromatic carbocycles. The first kappa shape index (κ1) is 10.3. The summed E-state index contributed by atoms with van der Waals surface area (Å²) in [5.74, 6) is 1.98. The van der Waals surface area contributed by atoms with Crippen LogP contribution < -0.4 is 15.2 Å². The summed E-state index contributed by atoms with van der Waals surface area (Å²) in [6.07, 6.45) is 2.92. The van der Waals surface area contributed by atoms with E-state index < -0.39 is 0 Å². The lowest BCUT2D eigenvalue weighted by atomic mass is 10.0. The van der Waals surface area contributed by atoms with Gasteiger partial charge in [0, 0.05) is 12.0 Å². The van der Waals surface area contributed by atoms with Crippen LogP contribution in [0.15, 0.2) is 12.1 Å². The molecule has 0 aliphatic carbocycles. The average molecular weight is 207 g/mol. The number of ether oxygens (including phenoxy) is 2. The predicted molar refractivity (Wildman–Crippen MR) is 59.6 cm³/mol. The van der Waals surface area contributed by atoms with E-state index in [0.29, 0.717) is 6.54 Å². The van der Waals surface area contributed by atoms with E-state index in [1.54, 1.807) is 7.11 Å². The van der Waals surface area contributed by atoms with Crippen LogP contribution in [0.4, 0.5) is 0 Å². The number of methoxy groups -OCH3 is 1. The number of hydrogen-bond donors (Lipinski definition) is 1. The van der Waals surface area contributed by atoms with Crippen molar-refractivity contribution in [2.24, 2.45) is 5.73 Å². The fourth-order valence-electron chi connectivity index (χ4n) is 1.92. The maximum Gasteiger partial charge on any atom is 0.123 e. The molecule has 0 atom stereocenters. The molecule has 3 nitrogen and oxygen atoms in total. The highest BCUT2D eigenvalue weighted by Gasteiger charge is 2.15. The summed E-state index contributed by atoms with van der Waals surface area (Å²) < 4.78 is 10.9. The zero-order valence-corrected chi connectivity index (χ0v) is 9.08. The summed E-state index contributed by atoms with van der Waals surface area (Å²) in [5.41, 5.74) is 7.96. The van der Waals surface area contributed by atoms with Crippen LogP contribution in [0.2, 0.25) is 0 Å². The topological polar surface area (TPSA) is 44.5 Å². The number of benzene rings is 1. The molecule has 3 heteroatoms. The highest BCUT2D eigenvalue weighted by atomic mass is 16.5. The highest BCUT2D eigenvalue weighted by molar-refractivity contribution is 5.48. The van der Waals surface area contributed by atoms with Crippen LogP contribution >= 0.6 is 0 Å². The lowest BCUT2D eigenvalue weighted by molar-refractivity contribution is 0.356. The normalized spacial score (nSPS) is 13.5. The van der Waals surface area contributed by atoms with Gasteiger partial charge in [0.15, 0.2) is 0 Å². The SMILES string of the molecule is COc1cc2c(cc1CCCN)OCC2. The Morgan fingerprint density at radius 1 is 1.47 bits per heavy atom. The number of rotatable bonds is 4. The van der Waals surface area contributed by atoms with Gasteiger partial charge in [0.25, 0.3) is 0 Å². The summed E-state index contributed by atoms with van der Waals surface area (Å²) in [6.45, 7) is 1.50. The van der Waals surface area contributed by atoms with Crippen LogP contribution in [0.1, 0.15) is 17.5 Å². The van der Waals surface area contributed by atoms with E-state index in [0.717, 1.165) is 37.4 Å². The van der Waals surface area contributed by atoms with E-state index in [9.17, 15) is 0 Å². The van der Waals surface area contributed by atoms with E-state index in [1.165, 1.54) is 11.1 Å². The van der Waals surface area contributed by atoms with Crippen molar-refractivity contribution in [3.8, 4) is 11.5 Å². The van der Waals surface area contributed by atoms with E-state index in [2.05, 4.69) is 12.1 Å². The van der Waals surface area contributed by atoms with Crippen LogP contribution in [0, 0.1) is 0 Å². The molecular weight excluding hydrogens is 190 g/mol. The molecule has 1 aliphatic rings. The molecule has 1 aliphatic heterocycles. The number of nitrogens with two attached hydrogens (primary N) is 1. The zero-order valence-electron chi connectivity index (χ0n) is 9.08. The van der Waals surface area contributed by atoms with Crippen LogP contribution in [-0.2, 0) is 12.8 Å². The minimum absolute atomic E-state index is 0.709. The van der Waals surface area contributed by atoms with Crippen molar-refractivity contribution in [3.05, 3.63) is 23.3 Å². The van der Waals surface area contributed by atoms with Gasteiger partial charge >= 0.3 is 0 Å². The molecule has 0 unspecified atom stereocenters. The molecule has 0 radical (unpaired) electrons. The van der Waals surface area contributed by atoms with Gasteiger partial charge in [-0.05, 0) is 37.1 Å². The average Bonchev–Trinajstić information content (AvgIpc) is 2.71. The minimum Gasteiger partial charge on any atom is -0.496 e. The lowest BCUT2D eigenvalue weighted by Gasteiger charge is -2.10. The smallest absolute Gasteiger partial charge is 0.123 e. The Labute approximate surface area is 90.2 Å². The molecule has 0 spiro atoms. The minimum atomic E-state index is 0.709. The van der Waals surface area contributed by atoms with Crippen LogP contribution in [0.25, 0.3) is 0 Å². The molecule has 0 saturated carbocycles. The van der Waals surface area contributed by atoms with Gasteiger partial charge in [-0.2, -0.15) is 0 Å². The van der Waals surface area contributed by atoms with E-state index in [1.807, 2.05) is 0 Å². The summed E-state index contributed by atoms with van der Waals surface area (Å²) in [5, 5.41) is 0. The molecule has 0 saturated heterocycles. The summed E-state index contributed by atoms with van der Waals surface area (Å²) >= 11 is 0. The van der Waals surface area contributed by atoms with E-state index >= 15 is 0 Å². The van der Waals surface area contributed by atoms with Crippen molar-refractivity contribution in [2.45, 2.75) is 19.3 Å². The first-order chi connectivity index (χ1) is 7.35. The quantitative estimate of drug-likeness (QED) is 0.814. The largest absolute Gasteiger partial charge is 0.496 e. The lowest BCUT2D eigenvalue weighted by Crippen LogP contribution is -2.02. The number of aryl methyl sites for hydroxylation is 1. The molecule has 0 aromatic heterocycles. The van der Waals surface area contributed by atoms with Gasteiger partial charge in [-0.3, -0.25) is 0 Å². The molecule has 0 bridgehead atoms. The van der Waals surface area contributed by atoms with Crippen molar-refractivity contribution in [3.63, 3.8) is 0 Å². The van der Waals surface area contributed by atoms with Crippen molar-refractivity contribution in [1.82, 2.24) is 0 Å². The Bertz CT molecular complexity index is 350. The van der Waals surface area contributed by atoms with Gasteiger partial charge < -0.3 is 15.2 Å². The summed E-state index contributed by atoms with van der Waals surface area (Å²) in [4.78, 5) is 0. The molecule has 0 amide bonds. The Morgan fingerprint density at radius 3 is 3.07 bits per heavy atom. The monoisotopic (exact) mass is 207 g/mol. The molecule has 82 valence electrons. The Balaban J connectivity index is 2.27. The maximum absolute atomic E-state index is 5.53. The molecule has 2 rings (SSSR count). The first-order valence-corrected chi connectivity index (χ1v) is 5.38. The second-order valence-corrected chi connectivity index (χ2v) is 3.76. The fraction of sp³-hybridized carbons (Fsp3) is 0.500. The van der Waals surface area contributed by atoms with Crippen LogP contribution in [-0.4, -0.2) is 20.3 Å². The van der Waals surface area contributed by atoms with Gasteiger partial charge in [-0.1, -0.05) is 0 Å². The van der Waals surface area contributed by atoms with E-state index in [4.69, 9.17) is 15.2 Å². The molecule has 2 N–H and O–H groups in total. The van der Waals surface area contributed by atoms with Crippen molar-refractivity contribution in [1.29, 1.82) is 0 Å². The first-order valence-electron chi connectivity index (χ1n) is 5.38.